The van der Waals surface area contributed by atoms with E-state index >= 15 is 0 Å². The fourth-order valence-electron chi connectivity index (χ4n) is 7.29. The van der Waals surface area contributed by atoms with Crippen LogP contribution in [0.5, 0.6) is 0 Å². The Balaban J connectivity index is 1.52. The Morgan fingerprint density at radius 2 is 1.43 bits per heavy atom. The molecule has 0 aromatic heterocycles. The summed E-state index contributed by atoms with van der Waals surface area (Å²) in [7, 11) is 0. The second-order valence-corrected chi connectivity index (χ2v) is 13.3. The van der Waals surface area contributed by atoms with E-state index in [0.717, 1.165) is 23.3 Å². The zero-order valence-electron chi connectivity index (χ0n) is 26.3. The fourth-order valence-corrected chi connectivity index (χ4v) is 7.29. The van der Waals surface area contributed by atoms with E-state index in [0.29, 0.717) is 19.3 Å². The maximum absolute atomic E-state index is 13.7. The summed E-state index contributed by atoms with van der Waals surface area (Å²) < 4.78 is 93.5. The van der Waals surface area contributed by atoms with Crippen molar-refractivity contribution in [3.05, 3.63) is 107 Å². The van der Waals surface area contributed by atoms with Gasteiger partial charge in [0, 0.05) is 12.1 Å². The second-order valence-electron chi connectivity index (χ2n) is 13.3. The summed E-state index contributed by atoms with van der Waals surface area (Å²) in [6, 6.07) is 20.9. The summed E-state index contributed by atoms with van der Waals surface area (Å²) in [5.74, 6) is -0.776. The minimum atomic E-state index is -4.93. The van der Waals surface area contributed by atoms with E-state index in [1.165, 1.54) is 0 Å². The lowest BCUT2D eigenvalue weighted by atomic mass is 9.77. The fraction of sp³-hybridized carbons (Fsp3) is 0.472. The van der Waals surface area contributed by atoms with Gasteiger partial charge in [-0.2, -0.15) is 26.3 Å². The molecule has 0 radical (unpaired) electrons. The summed E-state index contributed by atoms with van der Waals surface area (Å²) in [5, 5.41) is 0. The summed E-state index contributed by atoms with van der Waals surface area (Å²) in [4.78, 5) is 16.1. The summed E-state index contributed by atoms with van der Waals surface area (Å²) >= 11 is 0. The van der Waals surface area contributed by atoms with Crippen molar-refractivity contribution in [2.75, 3.05) is 6.61 Å². The van der Waals surface area contributed by atoms with Crippen LogP contribution >= 0.6 is 0 Å². The van der Waals surface area contributed by atoms with Crippen LogP contribution in [0.2, 0.25) is 0 Å². The molecule has 248 valence electrons. The number of piperidine rings is 1. The number of hydrogen-bond acceptors (Lipinski definition) is 4. The minimum absolute atomic E-state index is 0.104. The van der Waals surface area contributed by atoms with Gasteiger partial charge in [0.05, 0.1) is 35.3 Å². The Labute approximate surface area is 265 Å². The molecule has 46 heavy (non-hydrogen) atoms. The normalized spacial score (nSPS) is 24.5. The van der Waals surface area contributed by atoms with Gasteiger partial charge in [0.1, 0.15) is 5.60 Å². The molecule has 3 aromatic rings. The highest BCUT2D eigenvalue weighted by Crippen LogP contribution is 2.57. The molecule has 10 heteroatoms. The van der Waals surface area contributed by atoms with E-state index in [4.69, 9.17) is 9.47 Å². The van der Waals surface area contributed by atoms with Gasteiger partial charge in [-0.05, 0) is 88.3 Å². The highest BCUT2D eigenvalue weighted by atomic mass is 19.4. The van der Waals surface area contributed by atoms with E-state index in [9.17, 15) is 31.1 Å². The molecule has 5 unspecified atom stereocenters. The first-order valence-corrected chi connectivity index (χ1v) is 15.5. The van der Waals surface area contributed by atoms with Crippen molar-refractivity contribution in [1.82, 2.24) is 4.90 Å². The van der Waals surface area contributed by atoms with Gasteiger partial charge in [0.15, 0.2) is 0 Å². The van der Waals surface area contributed by atoms with Crippen LogP contribution in [0.1, 0.15) is 80.8 Å². The number of rotatable bonds is 8. The molecule has 0 amide bonds. The smallest absolute Gasteiger partial charge is 0.416 e. The molecule has 2 bridgehead atoms. The lowest BCUT2D eigenvalue weighted by Crippen LogP contribution is -2.58. The molecule has 2 aliphatic heterocycles. The quantitative estimate of drug-likeness (QED) is 0.181. The number of benzene rings is 3. The summed E-state index contributed by atoms with van der Waals surface area (Å²) in [6.07, 6.45) is -8.97. The number of carbonyl (C=O) groups excluding carboxylic acids is 1. The predicted octanol–water partition coefficient (Wildman–Crippen LogP) is 9.13. The molecule has 5 atom stereocenters. The van der Waals surface area contributed by atoms with E-state index in [1.807, 2.05) is 81.4 Å². The molecule has 3 aromatic carbocycles. The zero-order valence-corrected chi connectivity index (χ0v) is 26.3. The average molecular weight is 648 g/mol. The van der Waals surface area contributed by atoms with Crippen LogP contribution < -0.4 is 0 Å². The van der Waals surface area contributed by atoms with Gasteiger partial charge in [0.2, 0.25) is 0 Å². The van der Waals surface area contributed by atoms with Gasteiger partial charge < -0.3 is 9.47 Å². The van der Waals surface area contributed by atoms with Gasteiger partial charge in [-0.3, -0.25) is 9.69 Å². The predicted molar refractivity (Wildman–Crippen MR) is 162 cm³/mol. The first kappa shape index (κ1) is 34.0. The van der Waals surface area contributed by atoms with Gasteiger partial charge in [0.25, 0.3) is 0 Å². The third-order valence-corrected chi connectivity index (χ3v) is 9.11. The summed E-state index contributed by atoms with van der Waals surface area (Å²) in [6.45, 7) is 7.46. The zero-order chi connectivity index (χ0) is 33.5. The van der Waals surface area contributed by atoms with Crippen molar-refractivity contribution < 1.29 is 40.6 Å². The SMILES string of the molecule is CC(c1ccccc1)N1C2CCC(OCCc3cc(C(F)(F)F)cc(C(F)(F)F)c3)C1(c1ccccc1)CC2C(=O)OC(C)(C)C. The lowest BCUT2D eigenvalue weighted by molar-refractivity contribution is -0.161. The Morgan fingerprint density at radius 1 is 0.870 bits per heavy atom. The van der Waals surface area contributed by atoms with E-state index in [2.05, 4.69) is 11.8 Å². The largest absolute Gasteiger partial charge is 0.460 e. The van der Waals surface area contributed by atoms with Crippen LogP contribution in [0.15, 0.2) is 78.9 Å². The first-order valence-electron chi connectivity index (χ1n) is 15.5. The van der Waals surface area contributed by atoms with Crippen molar-refractivity contribution in [3.63, 3.8) is 0 Å². The van der Waals surface area contributed by atoms with Gasteiger partial charge in [-0.15, -0.1) is 0 Å². The maximum Gasteiger partial charge on any atom is 0.416 e. The Bertz CT molecular complexity index is 1470. The Hall–Kier alpha value is -3.37. The van der Waals surface area contributed by atoms with Gasteiger partial charge >= 0.3 is 18.3 Å². The second kappa shape index (κ2) is 12.7. The van der Waals surface area contributed by atoms with Gasteiger partial charge in [-0.1, -0.05) is 60.7 Å². The van der Waals surface area contributed by atoms with Crippen molar-refractivity contribution in [3.8, 4) is 0 Å². The minimum Gasteiger partial charge on any atom is -0.460 e. The summed E-state index contributed by atoms with van der Waals surface area (Å²) in [5.41, 5.74) is -2.35. The number of alkyl halides is 6. The number of nitrogens with zero attached hydrogens (tertiary/aromatic N) is 1. The molecule has 2 aliphatic rings. The van der Waals surface area contributed by atoms with Crippen LogP contribution in [-0.2, 0) is 38.6 Å². The average Bonchev–Trinajstić information content (AvgIpc) is 3.24. The molecule has 2 heterocycles. The highest BCUT2D eigenvalue weighted by Gasteiger charge is 2.63. The van der Waals surface area contributed by atoms with Gasteiger partial charge in [-0.25, -0.2) is 0 Å². The van der Waals surface area contributed by atoms with Crippen LogP contribution in [0.3, 0.4) is 0 Å². The topological polar surface area (TPSA) is 38.8 Å². The molecule has 0 aliphatic carbocycles. The van der Waals surface area contributed by atoms with Crippen molar-refractivity contribution >= 4 is 5.97 Å². The molecular formula is C36H39F6NO3. The standard InChI is InChI=1S/C36H39F6NO3/c1-23(25-11-7-5-8-12-25)43-30-15-16-31(45-18-17-24-19-27(35(37,38)39)21-28(20-24)36(40,41)42)34(43,26-13-9-6-10-14-26)22-29(30)32(44)46-33(2,3)4/h5-14,19-21,23,29-31H,15-18,22H2,1-4H3. The molecule has 5 rings (SSSR count). The molecule has 4 nitrogen and oxygen atoms in total. The number of esters is 1. The van der Waals surface area contributed by atoms with E-state index in [-0.39, 0.29) is 42.7 Å². The number of halogens is 6. The number of carbonyl (C=O) groups is 1. The van der Waals surface area contributed by atoms with Crippen LogP contribution in [0, 0.1) is 5.92 Å². The monoisotopic (exact) mass is 647 g/mol. The number of hydrogen-bond donors (Lipinski definition) is 0. The van der Waals surface area contributed by atoms with Crippen molar-refractivity contribution in [2.45, 2.75) is 95.1 Å². The van der Waals surface area contributed by atoms with Crippen LogP contribution in [-0.4, -0.2) is 35.2 Å². The van der Waals surface area contributed by atoms with Crippen LogP contribution in [0.25, 0.3) is 0 Å². The van der Waals surface area contributed by atoms with Crippen LogP contribution in [0.4, 0.5) is 26.3 Å². The molecule has 0 spiro atoms. The molecule has 0 saturated carbocycles. The highest BCUT2D eigenvalue weighted by molar-refractivity contribution is 5.75. The van der Waals surface area contributed by atoms with Crippen molar-refractivity contribution in [1.29, 1.82) is 0 Å². The lowest BCUT2D eigenvalue weighted by Gasteiger charge is -2.52. The van der Waals surface area contributed by atoms with E-state index < -0.39 is 46.6 Å². The maximum atomic E-state index is 13.7. The number of fused-ring (bicyclic) bond motifs is 2. The molecular weight excluding hydrogens is 608 g/mol. The third-order valence-electron chi connectivity index (χ3n) is 9.11. The van der Waals surface area contributed by atoms with E-state index in [1.54, 1.807) is 0 Å². The molecule has 0 N–H and O–H groups in total. The number of ether oxygens (including phenoxy) is 2. The molecule has 2 fully saturated rings. The van der Waals surface area contributed by atoms with Crippen molar-refractivity contribution in [2.24, 2.45) is 5.92 Å². The third kappa shape index (κ3) is 6.98. The molecule has 2 saturated heterocycles. The Kier molecular flexibility index (Phi) is 9.36. The first-order chi connectivity index (χ1) is 21.5. The Morgan fingerprint density at radius 3 is 1.98 bits per heavy atom.